The molecule has 2 aromatic rings. The summed E-state index contributed by atoms with van der Waals surface area (Å²) in [6.07, 6.45) is 0. The molecule has 6 heteroatoms. The fraction of sp³-hybridized carbons (Fsp3) is 0.333. The molecule has 0 saturated heterocycles. The third-order valence-electron chi connectivity index (χ3n) is 2.52. The van der Waals surface area contributed by atoms with Crippen molar-refractivity contribution in [3.8, 4) is 11.3 Å². The summed E-state index contributed by atoms with van der Waals surface area (Å²) in [5, 5.41) is 4.27. The number of hydrogen-bond donors (Lipinski definition) is 1. The van der Waals surface area contributed by atoms with Crippen molar-refractivity contribution in [1.82, 2.24) is 9.78 Å². The zero-order valence-corrected chi connectivity index (χ0v) is 11.2. The average molecular weight is 270 g/mol. The second kappa shape index (κ2) is 5.84. The van der Waals surface area contributed by atoms with Gasteiger partial charge >= 0.3 is 0 Å². The molecule has 0 atom stereocenters. The fourth-order valence-electron chi connectivity index (χ4n) is 1.76. The maximum atomic E-state index is 11.5. The Hall–Kier alpha value is -1.59. The highest BCUT2D eigenvalue weighted by Crippen LogP contribution is 2.23. The maximum absolute atomic E-state index is 11.5. The minimum Gasteiger partial charge on any atom is -0.466 e. The summed E-state index contributed by atoms with van der Waals surface area (Å²) in [5.74, 6) is 1.63. The Morgan fingerprint density at radius 3 is 2.67 bits per heavy atom. The lowest BCUT2D eigenvalue weighted by molar-refractivity contribution is 0.505. The Morgan fingerprint density at radius 2 is 2.11 bits per heavy atom. The van der Waals surface area contributed by atoms with Crippen molar-refractivity contribution in [2.24, 2.45) is 5.73 Å². The molecule has 0 fully saturated rings. The highest BCUT2D eigenvalue weighted by molar-refractivity contribution is 5.85. The second-order valence-electron chi connectivity index (χ2n) is 3.90. The zero-order chi connectivity index (χ0) is 12.4. The number of hydrogen-bond acceptors (Lipinski definition) is 4. The van der Waals surface area contributed by atoms with Gasteiger partial charge in [0.1, 0.15) is 11.5 Å². The first-order valence-corrected chi connectivity index (χ1v) is 5.47. The summed E-state index contributed by atoms with van der Waals surface area (Å²) in [7, 11) is 0. The number of rotatable bonds is 3. The Balaban J connectivity index is 0.00000162. The Morgan fingerprint density at radius 1 is 1.39 bits per heavy atom. The van der Waals surface area contributed by atoms with Crippen molar-refractivity contribution in [2.45, 2.75) is 20.4 Å². The standard InChI is InChI=1S/C12H15N3O2.ClH/c1-8-7-10(9(2)17-8)11-3-4-12(16)15(14-11)6-5-13;/h3-4,7H,5-6,13H2,1-2H3;1H. The average Bonchev–Trinajstić information content (AvgIpc) is 2.61. The van der Waals surface area contributed by atoms with Gasteiger partial charge in [0.2, 0.25) is 0 Å². The third-order valence-corrected chi connectivity index (χ3v) is 2.52. The van der Waals surface area contributed by atoms with Gasteiger partial charge in [-0.05, 0) is 26.0 Å². The highest BCUT2D eigenvalue weighted by atomic mass is 35.5. The molecule has 0 aliphatic carbocycles. The molecule has 0 aromatic carbocycles. The van der Waals surface area contributed by atoms with Crippen LogP contribution >= 0.6 is 12.4 Å². The van der Waals surface area contributed by atoms with Gasteiger partial charge in [-0.15, -0.1) is 12.4 Å². The van der Waals surface area contributed by atoms with Crippen LogP contribution in [0.2, 0.25) is 0 Å². The molecule has 2 heterocycles. The molecule has 0 aliphatic heterocycles. The van der Waals surface area contributed by atoms with Gasteiger partial charge in [0.05, 0.1) is 12.2 Å². The Bertz CT molecular complexity index is 589. The topological polar surface area (TPSA) is 74.0 Å². The lowest BCUT2D eigenvalue weighted by Crippen LogP contribution is -2.25. The number of nitrogens with two attached hydrogens (primary N) is 1. The van der Waals surface area contributed by atoms with Crippen LogP contribution in [0.5, 0.6) is 0 Å². The molecular formula is C12H16ClN3O2. The van der Waals surface area contributed by atoms with Crippen LogP contribution in [-0.4, -0.2) is 16.3 Å². The molecule has 0 saturated carbocycles. The van der Waals surface area contributed by atoms with Crippen LogP contribution in [0.25, 0.3) is 11.3 Å². The van der Waals surface area contributed by atoms with Crippen molar-refractivity contribution >= 4 is 12.4 Å². The van der Waals surface area contributed by atoms with Gasteiger partial charge in [-0.25, -0.2) is 4.68 Å². The molecule has 98 valence electrons. The van der Waals surface area contributed by atoms with E-state index in [4.69, 9.17) is 10.2 Å². The van der Waals surface area contributed by atoms with Crippen molar-refractivity contribution in [3.05, 3.63) is 40.1 Å². The molecule has 0 amide bonds. The van der Waals surface area contributed by atoms with Gasteiger partial charge < -0.3 is 10.2 Å². The van der Waals surface area contributed by atoms with E-state index in [-0.39, 0.29) is 18.0 Å². The summed E-state index contributed by atoms with van der Waals surface area (Å²) in [4.78, 5) is 11.5. The van der Waals surface area contributed by atoms with E-state index in [2.05, 4.69) is 5.10 Å². The molecule has 18 heavy (non-hydrogen) atoms. The van der Waals surface area contributed by atoms with Gasteiger partial charge in [0, 0.05) is 18.2 Å². The molecule has 2 rings (SSSR count). The lowest BCUT2D eigenvalue weighted by Gasteiger charge is -2.04. The third kappa shape index (κ3) is 2.80. The fourth-order valence-corrected chi connectivity index (χ4v) is 1.76. The van der Waals surface area contributed by atoms with Crippen molar-refractivity contribution in [2.75, 3.05) is 6.54 Å². The smallest absolute Gasteiger partial charge is 0.266 e. The van der Waals surface area contributed by atoms with Crippen LogP contribution in [0.4, 0.5) is 0 Å². The minimum atomic E-state index is -0.142. The van der Waals surface area contributed by atoms with E-state index < -0.39 is 0 Å². The summed E-state index contributed by atoms with van der Waals surface area (Å²) >= 11 is 0. The van der Waals surface area contributed by atoms with Crippen LogP contribution in [0.3, 0.4) is 0 Å². The van der Waals surface area contributed by atoms with Gasteiger partial charge in [0.25, 0.3) is 5.56 Å². The molecule has 0 bridgehead atoms. The van der Waals surface area contributed by atoms with Crippen molar-refractivity contribution in [3.63, 3.8) is 0 Å². The largest absolute Gasteiger partial charge is 0.466 e. The molecule has 2 aromatic heterocycles. The van der Waals surface area contributed by atoms with Crippen molar-refractivity contribution < 1.29 is 4.42 Å². The van der Waals surface area contributed by atoms with E-state index in [0.29, 0.717) is 13.1 Å². The number of aryl methyl sites for hydroxylation is 2. The summed E-state index contributed by atoms with van der Waals surface area (Å²) in [6.45, 7) is 4.57. The lowest BCUT2D eigenvalue weighted by atomic mass is 10.2. The normalized spacial score (nSPS) is 10.2. The summed E-state index contributed by atoms with van der Waals surface area (Å²) < 4.78 is 6.82. The number of halogens is 1. The van der Waals surface area contributed by atoms with E-state index in [9.17, 15) is 4.79 Å². The van der Waals surface area contributed by atoms with Gasteiger partial charge in [-0.3, -0.25) is 4.79 Å². The van der Waals surface area contributed by atoms with Crippen LogP contribution in [0, 0.1) is 13.8 Å². The van der Waals surface area contributed by atoms with Crippen LogP contribution < -0.4 is 11.3 Å². The van der Waals surface area contributed by atoms with Gasteiger partial charge in [-0.2, -0.15) is 5.10 Å². The summed E-state index contributed by atoms with van der Waals surface area (Å²) in [6, 6.07) is 5.11. The van der Waals surface area contributed by atoms with Crippen LogP contribution in [0.1, 0.15) is 11.5 Å². The van der Waals surface area contributed by atoms with E-state index in [1.165, 1.54) is 10.7 Å². The molecule has 0 spiro atoms. The minimum absolute atomic E-state index is 0. The predicted molar refractivity (Wildman–Crippen MR) is 72.0 cm³/mol. The van der Waals surface area contributed by atoms with E-state index >= 15 is 0 Å². The molecule has 2 N–H and O–H groups in total. The first kappa shape index (κ1) is 14.5. The number of aromatic nitrogens is 2. The second-order valence-corrected chi connectivity index (χ2v) is 3.90. The van der Waals surface area contributed by atoms with E-state index in [1.54, 1.807) is 6.07 Å². The van der Waals surface area contributed by atoms with Crippen LogP contribution in [-0.2, 0) is 6.54 Å². The Labute approximate surface area is 111 Å². The zero-order valence-electron chi connectivity index (χ0n) is 10.3. The maximum Gasteiger partial charge on any atom is 0.266 e. The van der Waals surface area contributed by atoms with Crippen molar-refractivity contribution in [1.29, 1.82) is 0 Å². The first-order chi connectivity index (χ1) is 8.11. The quantitative estimate of drug-likeness (QED) is 0.916. The van der Waals surface area contributed by atoms with Gasteiger partial charge in [-0.1, -0.05) is 0 Å². The molecule has 0 radical (unpaired) electrons. The number of furan rings is 1. The molecule has 0 aliphatic rings. The van der Waals surface area contributed by atoms with Gasteiger partial charge in [0.15, 0.2) is 0 Å². The van der Waals surface area contributed by atoms with E-state index in [1.807, 2.05) is 19.9 Å². The number of nitrogens with zero attached hydrogens (tertiary/aromatic N) is 2. The summed E-state index contributed by atoms with van der Waals surface area (Å²) in [5.41, 5.74) is 6.93. The Kier molecular flexibility index (Phi) is 4.69. The van der Waals surface area contributed by atoms with E-state index in [0.717, 1.165) is 22.8 Å². The monoisotopic (exact) mass is 269 g/mol. The molecular weight excluding hydrogens is 254 g/mol. The first-order valence-electron chi connectivity index (χ1n) is 5.47. The molecule has 5 nitrogen and oxygen atoms in total. The van der Waals surface area contributed by atoms with Crippen LogP contribution in [0.15, 0.2) is 27.4 Å². The SMILES string of the molecule is Cc1cc(-c2ccc(=O)n(CCN)n2)c(C)o1.Cl. The highest BCUT2D eigenvalue weighted by Gasteiger charge is 2.09. The predicted octanol–water partition coefficient (Wildman–Crippen LogP) is 1.50. The molecule has 0 unspecified atom stereocenters.